The van der Waals surface area contributed by atoms with E-state index in [1.807, 2.05) is 45.0 Å². The van der Waals surface area contributed by atoms with E-state index in [1.54, 1.807) is 35.9 Å². The number of carbonyl (C=O) groups is 2. The van der Waals surface area contributed by atoms with Crippen LogP contribution in [0.1, 0.15) is 37.7 Å². The number of aromatic nitrogens is 3. The quantitative estimate of drug-likeness (QED) is 0.614. The summed E-state index contributed by atoms with van der Waals surface area (Å²) < 4.78 is 17.7. The molecule has 4 rings (SSSR count). The van der Waals surface area contributed by atoms with E-state index in [-0.39, 0.29) is 11.9 Å². The molecule has 3 heterocycles. The van der Waals surface area contributed by atoms with Crippen molar-refractivity contribution >= 4 is 17.6 Å². The van der Waals surface area contributed by atoms with Crippen LogP contribution in [0.4, 0.5) is 4.79 Å². The summed E-state index contributed by atoms with van der Waals surface area (Å²) in [7, 11) is 3.16. The summed E-state index contributed by atoms with van der Waals surface area (Å²) in [5, 5.41) is 7.38. The van der Waals surface area contributed by atoms with Crippen LogP contribution in [0.3, 0.4) is 0 Å². The highest BCUT2D eigenvalue weighted by Crippen LogP contribution is 2.32. The molecule has 0 aliphatic carbocycles. The van der Waals surface area contributed by atoms with E-state index in [2.05, 4.69) is 15.4 Å². The molecule has 2 amide bonds. The van der Waals surface area contributed by atoms with E-state index in [1.165, 1.54) is 0 Å². The van der Waals surface area contributed by atoms with E-state index in [0.717, 1.165) is 11.3 Å². The SMILES string of the molecule is COc1ccc(-c2ccnc3cc(C(=O)N4CC[C@H](NC(=O)OC(C)(C)C)C4)nn23)cc1OC. The minimum atomic E-state index is -0.576. The van der Waals surface area contributed by atoms with Gasteiger partial charge in [-0.05, 0) is 51.5 Å². The number of nitrogens with one attached hydrogen (secondary N) is 1. The molecule has 180 valence electrons. The highest BCUT2D eigenvalue weighted by atomic mass is 16.6. The Labute approximate surface area is 197 Å². The van der Waals surface area contributed by atoms with Gasteiger partial charge in [0.1, 0.15) is 5.60 Å². The zero-order valence-electron chi connectivity index (χ0n) is 20.0. The number of carbonyl (C=O) groups excluding carboxylic acids is 2. The number of amides is 2. The second-order valence-corrected chi connectivity index (χ2v) is 9.08. The van der Waals surface area contributed by atoms with Gasteiger partial charge in [0.05, 0.1) is 26.0 Å². The number of hydrogen-bond acceptors (Lipinski definition) is 7. The topological polar surface area (TPSA) is 107 Å². The number of likely N-dealkylation sites (tertiary alicyclic amines) is 1. The Hall–Kier alpha value is -3.82. The summed E-state index contributed by atoms with van der Waals surface area (Å²) >= 11 is 0. The lowest BCUT2D eigenvalue weighted by Crippen LogP contribution is -2.41. The highest BCUT2D eigenvalue weighted by Gasteiger charge is 2.30. The highest BCUT2D eigenvalue weighted by molar-refractivity contribution is 5.93. The molecule has 10 nitrogen and oxygen atoms in total. The summed E-state index contributed by atoms with van der Waals surface area (Å²) in [6.45, 7) is 6.34. The van der Waals surface area contributed by atoms with Crippen LogP contribution in [-0.2, 0) is 4.74 Å². The molecule has 10 heteroatoms. The van der Waals surface area contributed by atoms with Crippen LogP contribution in [0.25, 0.3) is 16.9 Å². The molecular formula is C24H29N5O5. The average Bonchev–Trinajstić information content (AvgIpc) is 3.43. The second-order valence-electron chi connectivity index (χ2n) is 9.08. The monoisotopic (exact) mass is 467 g/mol. The van der Waals surface area contributed by atoms with Crippen molar-refractivity contribution in [2.24, 2.45) is 0 Å². The Morgan fingerprint density at radius 1 is 1.09 bits per heavy atom. The van der Waals surface area contributed by atoms with Crippen LogP contribution in [0.2, 0.25) is 0 Å². The molecule has 3 aromatic rings. The molecule has 0 bridgehead atoms. The molecule has 1 atom stereocenters. The number of hydrogen-bond donors (Lipinski definition) is 1. The van der Waals surface area contributed by atoms with E-state index >= 15 is 0 Å². The molecule has 0 saturated carbocycles. The van der Waals surface area contributed by atoms with Crippen molar-refractivity contribution in [3.8, 4) is 22.8 Å². The van der Waals surface area contributed by atoms with Gasteiger partial charge in [-0.1, -0.05) is 0 Å². The van der Waals surface area contributed by atoms with Crippen molar-refractivity contribution in [1.82, 2.24) is 24.8 Å². The summed E-state index contributed by atoms with van der Waals surface area (Å²) in [6, 6.07) is 8.89. The van der Waals surface area contributed by atoms with Crippen molar-refractivity contribution in [2.75, 3.05) is 27.3 Å². The molecule has 34 heavy (non-hydrogen) atoms. The van der Waals surface area contributed by atoms with E-state index in [0.29, 0.717) is 42.4 Å². The molecule has 1 saturated heterocycles. The lowest BCUT2D eigenvalue weighted by atomic mass is 10.1. The predicted octanol–water partition coefficient (Wildman–Crippen LogP) is 3.15. The molecule has 2 aromatic heterocycles. The second kappa shape index (κ2) is 9.20. The first-order valence-corrected chi connectivity index (χ1v) is 11.0. The van der Waals surface area contributed by atoms with E-state index < -0.39 is 11.7 Å². The largest absolute Gasteiger partial charge is 0.493 e. The zero-order chi connectivity index (χ0) is 24.5. The van der Waals surface area contributed by atoms with Gasteiger partial charge in [-0.25, -0.2) is 14.3 Å². The molecule has 1 fully saturated rings. The fourth-order valence-electron chi connectivity index (χ4n) is 3.91. The van der Waals surface area contributed by atoms with Crippen molar-refractivity contribution in [2.45, 2.75) is 38.8 Å². The van der Waals surface area contributed by atoms with Gasteiger partial charge in [-0.2, -0.15) is 5.10 Å². The lowest BCUT2D eigenvalue weighted by molar-refractivity contribution is 0.0502. The van der Waals surface area contributed by atoms with Gasteiger partial charge in [0.15, 0.2) is 22.8 Å². The summed E-state index contributed by atoms with van der Waals surface area (Å²) in [5.41, 5.74) is 1.87. The molecular weight excluding hydrogens is 438 g/mol. The first-order chi connectivity index (χ1) is 16.2. The van der Waals surface area contributed by atoms with Crippen LogP contribution in [0.5, 0.6) is 11.5 Å². The van der Waals surface area contributed by atoms with Gasteiger partial charge < -0.3 is 24.4 Å². The van der Waals surface area contributed by atoms with E-state index in [9.17, 15) is 9.59 Å². The average molecular weight is 468 g/mol. The number of rotatable bonds is 5. The van der Waals surface area contributed by atoms with Crippen LogP contribution in [0.15, 0.2) is 36.5 Å². The Bertz CT molecular complexity index is 1220. The number of methoxy groups -OCH3 is 2. The van der Waals surface area contributed by atoms with Crippen LogP contribution in [-0.4, -0.2) is 70.5 Å². The first kappa shape index (κ1) is 23.3. The fraction of sp³-hybridized carbons (Fsp3) is 0.417. The smallest absolute Gasteiger partial charge is 0.407 e. The third-order valence-electron chi connectivity index (χ3n) is 5.45. The molecule has 1 aliphatic heterocycles. The van der Waals surface area contributed by atoms with Crippen molar-refractivity contribution in [3.63, 3.8) is 0 Å². The van der Waals surface area contributed by atoms with Gasteiger partial charge in [0, 0.05) is 30.9 Å². The Balaban J connectivity index is 1.53. The first-order valence-electron chi connectivity index (χ1n) is 11.0. The van der Waals surface area contributed by atoms with Crippen molar-refractivity contribution in [1.29, 1.82) is 0 Å². The Morgan fingerprint density at radius 3 is 2.56 bits per heavy atom. The van der Waals surface area contributed by atoms with Crippen LogP contribution >= 0.6 is 0 Å². The summed E-state index contributed by atoms with van der Waals surface area (Å²) in [4.78, 5) is 31.3. The maximum absolute atomic E-state index is 13.2. The summed E-state index contributed by atoms with van der Waals surface area (Å²) in [5.74, 6) is 1.00. The predicted molar refractivity (Wildman–Crippen MR) is 125 cm³/mol. The van der Waals surface area contributed by atoms with E-state index in [4.69, 9.17) is 14.2 Å². The third-order valence-corrected chi connectivity index (χ3v) is 5.45. The van der Waals surface area contributed by atoms with Gasteiger partial charge in [-0.3, -0.25) is 4.79 Å². The van der Waals surface area contributed by atoms with Crippen LogP contribution < -0.4 is 14.8 Å². The maximum atomic E-state index is 13.2. The zero-order valence-corrected chi connectivity index (χ0v) is 20.0. The number of benzene rings is 1. The third kappa shape index (κ3) is 4.90. The van der Waals surface area contributed by atoms with Gasteiger partial charge in [0.25, 0.3) is 5.91 Å². The van der Waals surface area contributed by atoms with Gasteiger partial charge in [0.2, 0.25) is 0 Å². The Kier molecular flexibility index (Phi) is 6.32. The number of fused-ring (bicyclic) bond motifs is 1. The number of ether oxygens (including phenoxy) is 3. The molecule has 1 aliphatic rings. The number of alkyl carbamates (subject to hydrolysis) is 1. The summed E-state index contributed by atoms with van der Waals surface area (Å²) in [6.07, 6.45) is 1.84. The van der Waals surface area contributed by atoms with Crippen LogP contribution in [0, 0.1) is 0 Å². The standard InChI is InChI=1S/C24H29N5O5/c1-24(2,3)34-23(31)26-16-9-11-28(14-16)22(30)17-13-21-25-10-8-18(29(21)27-17)15-6-7-19(32-4)20(12-15)33-5/h6-8,10,12-13,16H,9,11,14H2,1-5H3,(H,26,31)/t16-/m0/s1. The molecule has 1 aromatic carbocycles. The molecule has 0 spiro atoms. The maximum Gasteiger partial charge on any atom is 0.407 e. The van der Waals surface area contributed by atoms with Gasteiger partial charge in [-0.15, -0.1) is 0 Å². The molecule has 0 radical (unpaired) electrons. The molecule has 0 unspecified atom stereocenters. The van der Waals surface area contributed by atoms with Crippen molar-refractivity contribution < 1.29 is 23.8 Å². The fourth-order valence-corrected chi connectivity index (χ4v) is 3.91. The lowest BCUT2D eigenvalue weighted by Gasteiger charge is -2.22. The minimum absolute atomic E-state index is 0.170. The van der Waals surface area contributed by atoms with Crippen molar-refractivity contribution in [3.05, 3.63) is 42.2 Å². The van der Waals surface area contributed by atoms with Gasteiger partial charge >= 0.3 is 6.09 Å². The number of nitrogens with zero attached hydrogens (tertiary/aromatic N) is 4. The molecule has 1 N–H and O–H groups in total. The Morgan fingerprint density at radius 2 is 1.85 bits per heavy atom. The normalized spacial score (nSPS) is 15.9. The minimum Gasteiger partial charge on any atom is -0.493 e.